The fourth-order valence-corrected chi connectivity index (χ4v) is 1.86. The van der Waals surface area contributed by atoms with Crippen molar-refractivity contribution in [3.63, 3.8) is 0 Å². The topological polar surface area (TPSA) is 72.7 Å². The average molecular weight is 269 g/mol. The molecule has 6 nitrogen and oxygen atoms in total. The Morgan fingerprint density at radius 1 is 1.28 bits per heavy atom. The lowest BCUT2D eigenvalue weighted by Gasteiger charge is -2.05. The molecule has 18 heavy (non-hydrogen) atoms. The molecule has 2 heterocycles. The van der Waals surface area contributed by atoms with Gasteiger partial charge < -0.3 is 4.57 Å². The van der Waals surface area contributed by atoms with E-state index in [1.807, 2.05) is 10.8 Å². The third kappa shape index (κ3) is 3.10. The number of unbranched alkanes of at least 4 members (excludes halogenated alkanes) is 1. The zero-order chi connectivity index (χ0) is 13.0. The van der Waals surface area contributed by atoms with E-state index in [1.54, 1.807) is 12.5 Å². The van der Waals surface area contributed by atoms with Gasteiger partial charge in [-0.15, -0.1) is 0 Å². The number of H-pyrrole nitrogens is 1. The van der Waals surface area contributed by atoms with Gasteiger partial charge in [-0.05, 0) is 12.8 Å². The van der Waals surface area contributed by atoms with Crippen LogP contribution in [-0.2, 0) is 13.1 Å². The van der Waals surface area contributed by atoms with E-state index in [4.69, 9.17) is 11.6 Å². The van der Waals surface area contributed by atoms with Gasteiger partial charge in [0.25, 0.3) is 5.56 Å². The highest BCUT2D eigenvalue weighted by atomic mass is 35.5. The minimum absolute atomic E-state index is 0.0691. The molecule has 1 N–H and O–H groups in total. The number of aromatic amines is 1. The first-order chi connectivity index (χ1) is 8.66. The molecule has 96 valence electrons. The van der Waals surface area contributed by atoms with Gasteiger partial charge in [-0.1, -0.05) is 11.6 Å². The van der Waals surface area contributed by atoms with Crippen LogP contribution in [0.15, 0.2) is 34.4 Å². The quantitative estimate of drug-likeness (QED) is 0.646. The molecular weight excluding hydrogens is 256 g/mol. The maximum atomic E-state index is 11.5. The number of hydrogen-bond acceptors (Lipinski definition) is 3. The molecule has 0 unspecified atom stereocenters. The second-order valence-electron chi connectivity index (χ2n) is 3.92. The fourth-order valence-electron chi connectivity index (χ4n) is 1.69. The first-order valence-corrected chi connectivity index (χ1v) is 6.00. The molecule has 2 rings (SSSR count). The third-order valence-electron chi connectivity index (χ3n) is 2.59. The first kappa shape index (κ1) is 12.6. The monoisotopic (exact) mass is 268 g/mol. The van der Waals surface area contributed by atoms with Crippen molar-refractivity contribution in [2.75, 3.05) is 0 Å². The molecule has 0 atom stereocenters. The van der Waals surface area contributed by atoms with Gasteiger partial charge in [0.1, 0.15) is 5.15 Å². The van der Waals surface area contributed by atoms with Crippen LogP contribution in [0.4, 0.5) is 0 Å². The van der Waals surface area contributed by atoms with E-state index in [9.17, 15) is 9.59 Å². The minimum Gasteiger partial charge on any atom is -0.337 e. The smallest absolute Gasteiger partial charge is 0.329 e. The molecular formula is C11H13ClN4O2. The Kier molecular flexibility index (Phi) is 3.99. The molecule has 0 spiro atoms. The van der Waals surface area contributed by atoms with E-state index >= 15 is 0 Å². The number of imidazole rings is 1. The number of nitrogens with zero attached hydrogens (tertiary/aromatic N) is 3. The van der Waals surface area contributed by atoms with Gasteiger partial charge in [0, 0.05) is 31.5 Å². The van der Waals surface area contributed by atoms with Gasteiger partial charge in [0.15, 0.2) is 0 Å². The van der Waals surface area contributed by atoms with Crippen molar-refractivity contribution in [1.82, 2.24) is 19.1 Å². The summed E-state index contributed by atoms with van der Waals surface area (Å²) >= 11 is 5.57. The minimum atomic E-state index is -0.463. The molecule has 0 saturated heterocycles. The van der Waals surface area contributed by atoms with Gasteiger partial charge in [-0.2, -0.15) is 0 Å². The van der Waals surface area contributed by atoms with Gasteiger partial charge >= 0.3 is 5.69 Å². The Hall–Kier alpha value is -1.82. The normalized spacial score (nSPS) is 10.7. The fraction of sp³-hybridized carbons (Fsp3) is 0.364. The summed E-state index contributed by atoms with van der Waals surface area (Å²) in [4.78, 5) is 29.3. The highest BCUT2D eigenvalue weighted by molar-refractivity contribution is 6.29. The predicted molar refractivity (Wildman–Crippen MR) is 67.8 cm³/mol. The molecule has 0 aliphatic rings. The summed E-state index contributed by atoms with van der Waals surface area (Å²) in [5.74, 6) is 0. The molecule has 0 saturated carbocycles. The van der Waals surface area contributed by atoms with E-state index in [1.165, 1.54) is 6.07 Å². The van der Waals surface area contributed by atoms with Crippen molar-refractivity contribution in [3.8, 4) is 0 Å². The number of rotatable bonds is 5. The number of halogens is 1. The third-order valence-corrected chi connectivity index (χ3v) is 2.80. The maximum Gasteiger partial charge on any atom is 0.329 e. The Labute approximate surface area is 108 Å². The van der Waals surface area contributed by atoms with E-state index in [2.05, 4.69) is 9.97 Å². The Bertz CT molecular complexity index is 583. The van der Waals surface area contributed by atoms with Crippen molar-refractivity contribution in [2.45, 2.75) is 25.9 Å². The highest BCUT2D eigenvalue weighted by Gasteiger charge is 2.02. The molecule has 0 amide bonds. The van der Waals surface area contributed by atoms with Gasteiger partial charge in [0.05, 0.1) is 6.33 Å². The summed E-state index contributed by atoms with van der Waals surface area (Å²) in [7, 11) is 0. The van der Waals surface area contributed by atoms with Crippen LogP contribution in [0.5, 0.6) is 0 Å². The lowest BCUT2D eigenvalue weighted by molar-refractivity contribution is 0.529. The second-order valence-corrected chi connectivity index (χ2v) is 4.33. The Morgan fingerprint density at radius 2 is 2.06 bits per heavy atom. The lowest BCUT2D eigenvalue weighted by Crippen LogP contribution is -2.34. The van der Waals surface area contributed by atoms with Crippen LogP contribution in [0.2, 0.25) is 5.15 Å². The Balaban J connectivity index is 1.91. The predicted octanol–water partition coefficient (Wildman–Crippen LogP) is 0.867. The van der Waals surface area contributed by atoms with Crippen LogP contribution >= 0.6 is 11.6 Å². The summed E-state index contributed by atoms with van der Waals surface area (Å²) in [5.41, 5.74) is -0.832. The average Bonchev–Trinajstić information content (AvgIpc) is 2.79. The SMILES string of the molecule is O=c1cc(Cl)[nH]c(=O)n1CCCCn1ccnc1. The van der Waals surface area contributed by atoms with Crippen molar-refractivity contribution < 1.29 is 0 Å². The van der Waals surface area contributed by atoms with Crippen LogP contribution in [0.3, 0.4) is 0 Å². The zero-order valence-corrected chi connectivity index (χ0v) is 10.4. The molecule has 0 aliphatic carbocycles. The van der Waals surface area contributed by atoms with Crippen molar-refractivity contribution >= 4 is 11.6 Å². The van der Waals surface area contributed by atoms with Crippen LogP contribution in [0, 0.1) is 0 Å². The van der Waals surface area contributed by atoms with Gasteiger partial charge in [0.2, 0.25) is 0 Å². The van der Waals surface area contributed by atoms with E-state index < -0.39 is 5.69 Å². The number of aryl methyl sites for hydroxylation is 1. The summed E-state index contributed by atoms with van der Waals surface area (Å²) < 4.78 is 3.11. The zero-order valence-electron chi connectivity index (χ0n) is 9.67. The van der Waals surface area contributed by atoms with Crippen molar-refractivity contribution in [1.29, 1.82) is 0 Å². The van der Waals surface area contributed by atoms with Gasteiger partial charge in [-0.3, -0.25) is 14.3 Å². The summed E-state index contributed by atoms with van der Waals surface area (Å²) in [6.45, 7) is 1.21. The van der Waals surface area contributed by atoms with Crippen LogP contribution < -0.4 is 11.2 Å². The first-order valence-electron chi connectivity index (χ1n) is 5.62. The number of hydrogen-bond donors (Lipinski definition) is 1. The highest BCUT2D eigenvalue weighted by Crippen LogP contribution is 1.97. The van der Waals surface area contributed by atoms with Gasteiger partial charge in [-0.25, -0.2) is 9.78 Å². The van der Waals surface area contributed by atoms with E-state index in [0.717, 1.165) is 24.0 Å². The summed E-state index contributed by atoms with van der Waals surface area (Å²) in [5, 5.41) is 0.0691. The number of nitrogens with one attached hydrogen (secondary N) is 1. The molecule has 7 heteroatoms. The van der Waals surface area contributed by atoms with Crippen molar-refractivity contribution in [3.05, 3.63) is 50.8 Å². The molecule has 0 aromatic carbocycles. The van der Waals surface area contributed by atoms with Crippen LogP contribution in [-0.4, -0.2) is 19.1 Å². The molecule has 0 fully saturated rings. The molecule has 0 radical (unpaired) electrons. The summed E-state index contributed by atoms with van der Waals surface area (Å²) in [6.07, 6.45) is 6.94. The van der Waals surface area contributed by atoms with Crippen LogP contribution in [0.1, 0.15) is 12.8 Å². The molecule has 2 aromatic heterocycles. The molecule has 0 aliphatic heterocycles. The lowest BCUT2D eigenvalue weighted by atomic mass is 10.3. The summed E-state index contributed by atoms with van der Waals surface area (Å²) in [6, 6.07) is 1.21. The standard InChI is InChI=1S/C11H13ClN4O2/c12-9-7-10(17)16(11(18)14-9)5-2-1-4-15-6-3-13-8-15/h3,6-8H,1-2,4-5H2,(H,14,18). The maximum absolute atomic E-state index is 11.5. The second kappa shape index (κ2) is 5.68. The van der Waals surface area contributed by atoms with Crippen LogP contribution in [0.25, 0.3) is 0 Å². The van der Waals surface area contributed by atoms with Crippen molar-refractivity contribution in [2.24, 2.45) is 0 Å². The van der Waals surface area contributed by atoms with E-state index in [-0.39, 0.29) is 10.7 Å². The largest absolute Gasteiger partial charge is 0.337 e. The molecule has 0 bridgehead atoms. The Morgan fingerprint density at radius 3 is 2.72 bits per heavy atom. The van der Waals surface area contributed by atoms with E-state index in [0.29, 0.717) is 6.54 Å². The molecule has 2 aromatic rings. The number of aromatic nitrogens is 4.